The number of rotatable bonds is 2. The first-order chi connectivity index (χ1) is 5.27. The van der Waals surface area contributed by atoms with Crippen molar-refractivity contribution in [1.82, 2.24) is 0 Å². The minimum absolute atomic E-state index is 0.0246. The molecule has 2 nitrogen and oxygen atoms in total. The zero-order valence-electron chi connectivity index (χ0n) is 5.92. The molecule has 0 heterocycles. The van der Waals surface area contributed by atoms with Gasteiger partial charge in [0.15, 0.2) is 0 Å². The van der Waals surface area contributed by atoms with Gasteiger partial charge >= 0.3 is 7.48 Å². The predicted molar refractivity (Wildman–Crippen MR) is 49.1 cm³/mol. The third kappa shape index (κ3) is 2.05. The summed E-state index contributed by atoms with van der Waals surface area (Å²) in [4.78, 5) is 0. The number of halogens is 1. The van der Waals surface area contributed by atoms with Gasteiger partial charge in [-0.15, -0.1) is 0 Å². The van der Waals surface area contributed by atoms with Crippen LogP contribution in [0.1, 0.15) is 5.56 Å². The van der Waals surface area contributed by atoms with Crippen LogP contribution in [0.5, 0.6) is 0 Å². The van der Waals surface area contributed by atoms with Crippen LogP contribution in [0.15, 0.2) is 22.7 Å². The topological polar surface area (TPSA) is 40.5 Å². The van der Waals surface area contributed by atoms with Crippen LogP contribution in [-0.4, -0.2) is 17.6 Å². The van der Waals surface area contributed by atoms with Gasteiger partial charge in [-0.1, -0.05) is 22.0 Å². The van der Waals surface area contributed by atoms with Crippen LogP contribution in [-0.2, 0) is 6.61 Å². The minimum Gasteiger partial charge on any atom is -0.449 e. The highest BCUT2D eigenvalue weighted by Crippen LogP contribution is 2.09. The Morgan fingerprint density at radius 3 is 2.73 bits per heavy atom. The zero-order valence-corrected chi connectivity index (χ0v) is 7.50. The molecule has 0 unspecified atom stereocenters. The number of aliphatic hydroxyl groups is 1. The highest BCUT2D eigenvalue weighted by Gasteiger charge is 2.01. The lowest BCUT2D eigenvalue weighted by Gasteiger charge is -2.02. The van der Waals surface area contributed by atoms with Gasteiger partial charge in [-0.2, -0.15) is 0 Å². The molecule has 0 amide bonds. The fourth-order valence-electron chi connectivity index (χ4n) is 0.896. The van der Waals surface area contributed by atoms with E-state index in [1.807, 2.05) is 6.07 Å². The van der Waals surface area contributed by atoms with E-state index in [9.17, 15) is 0 Å². The number of benzene rings is 1. The van der Waals surface area contributed by atoms with Crippen LogP contribution in [0.2, 0.25) is 0 Å². The maximum Gasteiger partial charge on any atom is 0.305 e. The molecule has 0 fully saturated rings. The Bertz CT molecular complexity index is 252. The molecule has 0 aliphatic rings. The summed E-state index contributed by atoms with van der Waals surface area (Å²) in [5.41, 5.74) is 1.54. The number of hydrogen-bond donors (Lipinski definition) is 2. The molecule has 4 heteroatoms. The molecule has 0 bridgehead atoms. The molecular formula is C7H8BBrO2. The first kappa shape index (κ1) is 8.78. The van der Waals surface area contributed by atoms with Crippen molar-refractivity contribution >= 4 is 28.9 Å². The molecule has 2 N–H and O–H groups in total. The molecule has 1 rings (SSSR count). The van der Waals surface area contributed by atoms with E-state index in [1.165, 1.54) is 0 Å². The molecule has 0 saturated heterocycles. The van der Waals surface area contributed by atoms with Crippen molar-refractivity contribution in [3.05, 3.63) is 28.2 Å². The standard InChI is InChI=1S/C7H8BBrO2/c9-6-1-2-7(8-11)5(3-6)4-10/h1-3,8,10-11H,4H2. The molecule has 0 aliphatic heterocycles. The molecule has 0 spiro atoms. The van der Waals surface area contributed by atoms with Crippen LogP contribution in [0, 0.1) is 0 Å². The average molecular weight is 215 g/mol. The summed E-state index contributed by atoms with van der Waals surface area (Å²) in [6.45, 7) is -0.0324. The quantitative estimate of drug-likeness (QED) is 0.676. The lowest BCUT2D eigenvalue weighted by molar-refractivity contribution is 0.282. The second-order valence-corrected chi connectivity index (χ2v) is 3.14. The molecule has 58 valence electrons. The average Bonchev–Trinajstić information content (AvgIpc) is 2.04. The zero-order chi connectivity index (χ0) is 8.27. The van der Waals surface area contributed by atoms with E-state index < -0.39 is 0 Å². The van der Waals surface area contributed by atoms with Crippen LogP contribution < -0.4 is 5.46 Å². The Kier molecular flexibility index (Phi) is 3.11. The molecule has 1 aromatic carbocycles. The van der Waals surface area contributed by atoms with E-state index in [4.69, 9.17) is 10.1 Å². The van der Waals surface area contributed by atoms with E-state index in [0.717, 1.165) is 15.5 Å². The van der Waals surface area contributed by atoms with Crippen molar-refractivity contribution in [3.63, 3.8) is 0 Å². The molecule has 0 aliphatic carbocycles. The Hall–Kier alpha value is -0.315. The largest absolute Gasteiger partial charge is 0.449 e. The van der Waals surface area contributed by atoms with Gasteiger partial charge in [-0.05, 0) is 23.2 Å². The second-order valence-electron chi connectivity index (χ2n) is 2.23. The molecule has 0 aromatic heterocycles. The SMILES string of the molecule is OBc1ccc(Br)cc1CO. The summed E-state index contributed by atoms with van der Waals surface area (Å²) in [6, 6.07) is 5.42. The normalized spacial score (nSPS) is 9.73. The lowest BCUT2D eigenvalue weighted by atomic mass is 9.85. The molecule has 0 radical (unpaired) electrons. The third-order valence-electron chi connectivity index (χ3n) is 1.51. The summed E-state index contributed by atoms with van der Waals surface area (Å²) in [6.07, 6.45) is 0. The monoisotopic (exact) mass is 214 g/mol. The predicted octanol–water partition coefficient (Wildman–Crippen LogP) is -0.0895. The Labute approximate surface area is 74.3 Å². The third-order valence-corrected chi connectivity index (χ3v) is 2.00. The van der Waals surface area contributed by atoms with Gasteiger partial charge in [0.25, 0.3) is 0 Å². The van der Waals surface area contributed by atoms with Crippen molar-refractivity contribution in [3.8, 4) is 0 Å². The van der Waals surface area contributed by atoms with Gasteiger partial charge < -0.3 is 10.1 Å². The van der Waals surface area contributed by atoms with Gasteiger partial charge in [-0.3, -0.25) is 0 Å². The van der Waals surface area contributed by atoms with Crippen LogP contribution >= 0.6 is 15.9 Å². The highest BCUT2D eigenvalue weighted by atomic mass is 79.9. The first-order valence-corrected chi connectivity index (χ1v) is 4.06. The number of aliphatic hydroxyl groups excluding tert-OH is 1. The Balaban J connectivity index is 3.06. The van der Waals surface area contributed by atoms with Gasteiger partial charge in [-0.25, -0.2) is 0 Å². The van der Waals surface area contributed by atoms with Crippen LogP contribution in [0.25, 0.3) is 0 Å². The van der Waals surface area contributed by atoms with Crippen molar-refractivity contribution < 1.29 is 10.1 Å². The molecular weight excluding hydrogens is 207 g/mol. The Morgan fingerprint density at radius 2 is 2.18 bits per heavy atom. The maximum atomic E-state index is 8.84. The van der Waals surface area contributed by atoms with Gasteiger partial charge in [0, 0.05) is 4.47 Å². The summed E-state index contributed by atoms with van der Waals surface area (Å²) in [7, 11) is -0.0246. The molecule has 0 atom stereocenters. The van der Waals surface area contributed by atoms with E-state index in [2.05, 4.69) is 15.9 Å². The molecule has 1 aromatic rings. The van der Waals surface area contributed by atoms with Crippen molar-refractivity contribution in [2.45, 2.75) is 6.61 Å². The smallest absolute Gasteiger partial charge is 0.305 e. The van der Waals surface area contributed by atoms with E-state index in [-0.39, 0.29) is 14.1 Å². The van der Waals surface area contributed by atoms with Crippen molar-refractivity contribution in [2.24, 2.45) is 0 Å². The van der Waals surface area contributed by atoms with E-state index >= 15 is 0 Å². The van der Waals surface area contributed by atoms with Crippen molar-refractivity contribution in [1.29, 1.82) is 0 Å². The van der Waals surface area contributed by atoms with Gasteiger partial charge in [0.2, 0.25) is 0 Å². The summed E-state index contributed by atoms with van der Waals surface area (Å²) < 4.78 is 0.916. The lowest BCUT2D eigenvalue weighted by Crippen LogP contribution is -2.18. The second kappa shape index (κ2) is 3.90. The summed E-state index contributed by atoms with van der Waals surface area (Å²) in [5, 5.41) is 17.7. The van der Waals surface area contributed by atoms with Gasteiger partial charge in [0.05, 0.1) is 6.61 Å². The molecule has 0 saturated carbocycles. The van der Waals surface area contributed by atoms with E-state index in [0.29, 0.717) is 0 Å². The van der Waals surface area contributed by atoms with E-state index in [1.54, 1.807) is 12.1 Å². The highest BCUT2D eigenvalue weighted by molar-refractivity contribution is 9.10. The Morgan fingerprint density at radius 1 is 1.45 bits per heavy atom. The first-order valence-electron chi connectivity index (χ1n) is 3.27. The van der Waals surface area contributed by atoms with Crippen molar-refractivity contribution in [2.75, 3.05) is 0 Å². The van der Waals surface area contributed by atoms with Gasteiger partial charge in [0.1, 0.15) is 0 Å². The summed E-state index contributed by atoms with van der Waals surface area (Å²) in [5.74, 6) is 0. The van der Waals surface area contributed by atoms with Crippen LogP contribution in [0.4, 0.5) is 0 Å². The number of hydrogen-bond acceptors (Lipinski definition) is 2. The maximum absolute atomic E-state index is 8.84. The fourth-order valence-corrected chi connectivity index (χ4v) is 1.30. The fraction of sp³-hybridized carbons (Fsp3) is 0.143. The molecule has 11 heavy (non-hydrogen) atoms. The summed E-state index contributed by atoms with van der Waals surface area (Å²) >= 11 is 3.27. The van der Waals surface area contributed by atoms with Crippen LogP contribution in [0.3, 0.4) is 0 Å². The minimum atomic E-state index is -0.0324.